The van der Waals surface area contributed by atoms with E-state index in [1.54, 1.807) is 0 Å². The Hall–Kier alpha value is -2.91. The minimum Gasteiger partial charge on any atom is -0.478 e. The van der Waals surface area contributed by atoms with Gasteiger partial charge in [0, 0.05) is 12.2 Å². The lowest BCUT2D eigenvalue weighted by Gasteiger charge is -1.88. The maximum absolute atomic E-state index is 9.87. The van der Waals surface area contributed by atoms with Crippen LogP contribution in [0.4, 0.5) is 10.6 Å². The summed E-state index contributed by atoms with van der Waals surface area (Å²) in [7, 11) is 0. The van der Waals surface area contributed by atoms with E-state index in [1.807, 2.05) is 5.32 Å². The molecule has 17 heavy (non-hydrogen) atoms. The van der Waals surface area contributed by atoms with Gasteiger partial charge in [-0.15, -0.1) is 5.10 Å². The largest absolute Gasteiger partial charge is 0.478 e. The molecule has 1 amide bonds. The molecule has 0 aliphatic heterocycles. The Balaban J connectivity index is 0.000000304. The van der Waals surface area contributed by atoms with Crippen LogP contribution in [-0.2, 0) is 9.59 Å². The van der Waals surface area contributed by atoms with E-state index in [0.717, 1.165) is 0 Å². The van der Waals surface area contributed by atoms with E-state index in [9.17, 15) is 14.4 Å². The number of hydrogen-bond donors (Lipinski definition) is 5. The molecule has 0 aliphatic carbocycles. The second-order valence-corrected chi connectivity index (χ2v) is 2.30. The van der Waals surface area contributed by atoms with Gasteiger partial charge in [-0.05, 0) is 0 Å². The van der Waals surface area contributed by atoms with Crippen molar-refractivity contribution in [3.8, 4) is 0 Å². The van der Waals surface area contributed by atoms with Crippen LogP contribution in [0, 0.1) is 0 Å². The average Bonchev–Trinajstić information content (AvgIpc) is 2.67. The number of hydrogen-bond acceptors (Lipinski definition) is 5. The molecule has 0 saturated carbocycles. The highest BCUT2D eigenvalue weighted by Gasteiger charge is 1.97. The normalized spacial score (nSPS) is 9.18. The first-order chi connectivity index (χ1) is 7.91. The molecule has 0 saturated heterocycles. The third-order valence-corrected chi connectivity index (χ3v) is 1.02. The molecule has 0 fully saturated rings. The zero-order chi connectivity index (χ0) is 13.3. The summed E-state index contributed by atoms with van der Waals surface area (Å²) in [6, 6.07) is 0. The summed E-state index contributed by atoms with van der Waals surface area (Å²) >= 11 is 0. The first-order valence-electron chi connectivity index (χ1n) is 3.91. The molecule has 0 aliphatic rings. The Morgan fingerprint density at radius 3 is 2.00 bits per heavy atom. The van der Waals surface area contributed by atoms with Crippen LogP contribution in [-0.4, -0.2) is 48.8 Å². The fourth-order valence-corrected chi connectivity index (χ4v) is 0.514. The van der Waals surface area contributed by atoms with E-state index >= 15 is 0 Å². The lowest BCUT2D eigenvalue weighted by atomic mass is 10.5. The van der Waals surface area contributed by atoms with Crippen molar-refractivity contribution in [2.24, 2.45) is 0 Å². The second kappa shape index (κ2) is 7.39. The molecule has 0 unspecified atom stereocenters. The van der Waals surface area contributed by atoms with Crippen LogP contribution >= 0.6 is 0 Å². The van der Waals surface area contributed by atoms with Gasteiger partial charge in [-0.1, -0.05) is 0 Å². The molecule has 10 heteroatoms. The average molecular weight is 244 g/mol. The summed E-state index contributed by atoms with van der Waals surface area (Å²) in [6.45, 7) is 0. The van der Waals surface area contributed by atoms with Gasteiger partial charge in [0.05, 0.1) is 6.20 Å². The molecule has 0 atom stereocenters. The van der Waals surface area contributed by atoms with Crippen molar-refractivity contribution in [3.63, 3.8) is 0 Å². The topological polar surface area (TPSA) is 166 Å². The minimum absolute atomic E-state index is 0.197. The van der Waals surface area contributed by atoms with Gasteiger partial charge in [0.1, 0.15) is 0 Å². The van der Waals surface area contributed by atoms with Crippen molar-refractivity contribution in [2.75, 3.05) is 5.32 Å². The molecule has 0 bridgehead atoms. The van der Waals surface area contributed by atoms with Gasteiger partial charge in [-0.25, -0.2) is 14.4 Å². The van der Waals surface area contributed by atoms with Gasteiger partial charge in [-0.3, -0.25) is 5.32 Å². The Kier molecular flexibility index (Phi) is 6.13. The molecule has 1 heterocycles. The zero-order valence-corrected chi connectivity index (χ0v) is 8.19. The number of aromatic nitrogens is 3. The lowest BCUT2D eigenvalue weighted by molar-refractivity contribution is -0.134. The maximum Gasteiger partial charge on any atom is 0.410 e. The van der Waals surface area contributed by atoms with Crippen molar-refractivity contribution in [2.45, 2.75) is 0 Å². The van der Waals surface area contributed by atoms with Crippen LogP contribution in [0.15, 0.2) is 18.3 Å². The number of H-pyrrole nitrogens is 1. The SMILES string of the molecule is O=C(O)/C=C\C(=O)O.O=C(O)Nc1cn[nH]n1. The number of aliphatic carboxylic acids is 2. The monoisotopic (exact) mass is 244 g/mol. The number of amides is 1. The number of carboxylic acid groups (broad SMARTS) is 3. The van der Waals surface area contributed by atoms with Crippen LogP contribution in [0.1, 0.15) is 0 Å². The van der Waals surface area contributed by atoms with Crippen molar-refractivity contribution < 1.29 is 29.7 Å². The molecule has 1 aromatic rings. The molecule has 0 aromatic carbocycles. The van der Waals surface area contributed by atoms with E-state index in [1.165, 1.54) is 6.20 Å². The number of aromatic amines is 1. The minimum atomic E-state index is -1.26. The standard InChI is InChI=1S/C4H4O4.C3H4N4O2/c5-3(6)1-2-4(7)8;8-3(9)5-2-1-4-7-6-2/h1-2H,(H,5,6)(H,7,8);1H,(H,8,9)(H2,4,5,6,7)/b2-1-;. The lowest BCUT2D eigenvalue weighted by Crippen LogP contribution is -2.07. The molecule has 0 spiro atoms. The molecule has 10 nitrogen and oxygen atoms in total. The number of nitrogens with zero attached hydrogens (tertiary/aromatic N) is 2. The third-order valence-electron chi connectivity index (χ3n) is 1.02. The Labute approximate surface area is 93.6 Å². The fourth-order valence-electron chi connectivity index (χ4n) is 0.514. The van der Waals surface area contributed by atoms with Gasteiger partial charge in [0.2, 0.25) is 0 Å². The van der Waals surface area contributed by atoms with Crippen molar-refractivity contribution in [3.05, 3.63) is 18.3 Å². The number of nitrogens with one attached hydrogen (secondary N) is 2. The van der Waals surface area contributed by atoms with E-state index < -0.39 is 18.0 Å². The van der Waals surface area contributed by atoms with Crippen molar-refractivity contribution in [1.29, 1.82) is 0 Å². The summed E-state index contributed by atoms with van der Waals surface area (Å²) in [5, 5.41) is 34.8. The maximum atomic E-state index is 9.87. The summed E-state index contributed by atoms with van der Waals surface area (Å²) in [5.74, 6) is -2.32. The highest BCUT2D eigenvalue weighted by molar-refractivity contribution is 5.89. The number of carboxylic acids is 2. The molecule has 1 rings (SSSR count). The van der Waals surface area contributed by atoms with Crippen LogP contribution in [0.5, 0.6) is 0 Å². The second-order valence-electron chi connectivity index (χ2n) is 2.30. The van der Waals surface area contributed by atoms with Crippen LogP contribution in [0.3, 0.4) is 0 Å². The molecule has 1 aromatic heterocycles. The predicted octanol–water partition coefficient (Wildman–Crippen LogP) is -0.394. The molecular formula is C7H8N4O6. The summed E-state index contributed by atoms with van der Waals surface area (Å²) in [6.07, 6.45) is 1.24. The molecule has 0 radical (unpaired) electrons. The van der Waals surface area contributed by atoms with Gasteiger partial charge in [-0.2, -0.15) is 10.3 Å². The van der Waals surface area contributed by atoms with Crippen LogP contribution < -0.4 is 5.32 Å². The van der Waals surface area contributed by atoms with Gasteiger partial charge >= 0.3 is 18.0 Å². The summed E-state index contributed by atoms with van der Waals surface area (Å²) in [4.78, 5) is 29.0. The van der Waals surface area contributed by atoms with Gasteiger partial charge < -0.3 is 15.3 Å². The number of carbonyl (C=O) groups is 3. The molecular weight excluding hydrogens is 236 g/mol. The molecule has 92 valence electrons. The predicted molar refractivity (Wildman–Crippen MR) is 52.4 cm³/mol. The van der Waals surface area contributed by atoms with E-state index in [0.29, 0.717) is 12.2 Å². The first-order valence-corrected chi connectivity index (χ1v) is 3.91. The molecule has 5 N–H and O–H groups in total. The summed E-state index contributed by atoms with van der Waals surface area (Å²) < 4.78 is 0. The van der Waals surface area contributed by atoms with Crippen LogP contribution in [0.2, 0.25) is 0 Å². The quantitative estimate of drug-likeness (QED) is 0.448. The smallest absolute Gasteiger partial charge is 0.410 e. The van der Waals surface area contributed by atoms with Crippen molar-refractivity contribution in [1.82, 2.24) is 15.4 Å². The highest BCUT2D eigenvalue weighted by atomic mass is 16.4. The Morgan fingerprint density at radius 1 is 1.18 bits per heavy atom. The van der Waals surface area contributed by atoms with Gasteiger partial charge in [0.25, 0.3) is 0 Å². The fraction of sp³-hybridized carbons (Fsp3) is 0. The number of anilines is 1. The number of rotatable bonds is 3. The first kappa shape index (κ1) is 14.1. The highest BCUT2D eigenvalue weighted by Crippen LogP contribution is 1.93. The Morgan fingerprint density at radius 2 is 1.71 bits per heavy atom. The zero-order valence-electron chi connectivity index (χ0n) is 8.19. The third kappa shape index (κ3) is 9.40. The van der Waals surface area contributed by atoms with E-state index in [-0.39, 0.29) is 5.82 Å². The van der Waals surface area contributed by atoms with Gasteiger partial charge in [0.15, 0.2) is 5.82 Å². The summed E-state index contributed by atoms with van der Waals surface area (Å²) in [5.41, 5.74) is 0. The van der Waals surface area contributed by atoms with Crippen molar-refractivity contribution >= 4 is 23.8 Å². The van der Waals surface area contributed by atoms with Crippen LogP contribution in [0.25, 0.3) is 0 Å². The Bertz CT molecular complexity index is 396. The van der Waals surface area contributed by atoms with E-state index in [4.69, 9.17) is 15.3 Å². The van der Waals surface area contributed by atoms with E-state index in [2.05, 4.69) is 15.4 Å².